The summed E-state index contributed by atoms with van der Waals surface area (Å²) >= 11 is 0. The molecule has 0 unspecified atom stereocenters. The van der Waals surface area contributed by atoms with Crippen LogP contribution in [0.15, 0.2) is 211 Å². The van der Waals surface area contributed by atoms with Crippen molar-refractivity contribution >= 4 is 44.7 Å². The zero-order valence-electron chi connectivity index (χ0n) is 38.0. The summed E-state index contributed by atoms with van der Waals surface area (Å²) in [6, 6.07) is 74.3. The largest absolute Gasteiger partial charge is 0.456 e. The highest BCUT2D eigenvalue weighted by atomic mass is 16.3. The second-order valence-electron chi connectivity index (χ2n) is 19.2. The Hall–Kier alpha value is -7.62. The molecule has 0 bridgehead atoms. The van der Waals surface area contributed by atoms with Crippen LogP contribution in [0.4, 0.5) is 22.7 Å². The van der Waals surface area contributed by atoms with Gasteiger partial charge in [-0.25, -0.2) is 0 Å². The van der Waals surface area contributed by atoms with E-state index in [9.17, 15) is 0 Å². The highest BCUT2D eigenvalue weighted by molar-refractivity contribution is 6.06. The van der Waals surface area contributed by atoms with Gasteiger partial charge in [0, 0.05) is 44.4 Å². The molecule has 318 valence electrons. The Morgan fingerprint density at radius 1 is 0.308 bits per heavy atom. The van der Waals surface area contributed by atoms with Gasteiger partial charge in [-0.05, 0) is 116 Å². The first kappa shape index (κ1) is 41.4. The van der Waals surface area contributed by atoms with Crippen molar-refractivity contribution in [1.82, 2.24) is 0 Å². The number of furan rings is 1. The fourth-order valence-corrected chi connectivity index (χ4v) is 8.93. The van der Waals surface area contributed by atoms with E-state index in [0.29, 0.717) is 0 Å². The smallest absolute Gasteiger partial charge is 0.135 e. The molecule has 0 spiro atoms. The minimum atomic E-state index is -0.0754. The molecule has 3 nitrogen and oxygen atoms in total. The van der Waals surface area contributed by atoms with Crippen LogP contribution in [0, 0.1) is 0 Å². The molecule has 0 aliphatic rings. The lowest BCUT2D eigenvalue weighted by atomic mass is 9.82. The Morgan fingerprint density at radius 3 is 1.08 bits per heavy atom. The predicted molar refractivity (Wildman–Crippen MR) is 278 cm³/mol. The maximum Gasteiger partial charge on any atom is 0.135 e. The first-order chi connectivity index (χ1) is 31.5. The normalized spacial score (nSPS) is 11.8. The molecule has 9 aromatic carbocycles. The molecule has 1 heterocycles. The summed E-state index contributed by atoms with van der Waals surface area (Å²) in [5.41, 5.74) is 19.6. The fraction of sp³-hybridized carbons (Fsp3) is 0.129. The van der Waals surface area contributed by atoms with E-state index in [2.05, 4.69) is 246 Å². The van der Waals surface area contributed by atoms with Crippen LogP contribution in [-0.2, 0) is 10.8 Å². The minimum absolute atomic E-state index is 0.0754. The maximum atomic E-state index is 6.31. The summed E-state index contributed by atoms with van der Waals surface area (Å²) in [5, 5.41) is 10.4. The van der Waals surface area contributed by atoms with Gasteiger partial charge in [-0.3, -0.25) is 0 Å². The molecule has 10 aromatic rings. The summed E-state index contributed by atoms with van der Waals surface area (Å²) in [7, 11) is 0. The van der Waals surface area contributed by atoms with Crippen LogP contribution in [0.5, 0.6) is 0 Å². The lowest BCUT2D eigenvalue weighted by Gasteiger charge is -2.26. The first-order valence-corrected chi connectivity index (χ1v) is 22.7. The lowest BCUT2D eigenvalue weighted by molar-refractivity contribution is 0.590. The second-order valence-corrected chi connectivity index (χ2v) is 19.2. The molecule has 0 atom stereocenters. The van der Waals surface area contributed by atoms with E-state index in [1.807, 2.05) is 12.1 Å². The standard InChI is InChI=1S/C62H54N2O/c1-61(2,3)47-36-52(41-21-11-7-12-22-41)59(53(37-47)42-23-13-8-14-24-42)63-49-33-46(45-31-32-58-56(35-45)51-29-19-20-30-57(51)65-58)34-50(40-49)64-60-54(43-25-15-9-16-26-43)38-48(62(4,5)6)39-55(60)44-27-17-10-18-28-44/h7-40,63-64H,1-6H3. The number of nitrogens with one attached hydrogen (secondary N) is 2. The summed E-state index contributed by atoms with van der Waals surface area (Å²) < 4.78 is 6.31. The molecule has 1 aromatic heterocycles. The molecular formula is C62H54N2O. The molecule has 10 rings (SSSR count). The summed E-state index contributed by atoms with van der Waals surface area (Å²) in [4.78, 5) is 0. The summed E-state index contributed by atoms with van der Waals surface area (Å²) in [5.74, 6) is 0. The molecular weight excluding hydrogens is 789 g/mol. The molecule has 0 saturated heterocycles. The van der Waals surface area contributed by atoms with Crippen molar-refractivity contribution in [2.45, 2.75) is 52.4 Å². The molecule has 3 heteroatoms. The van der Waals surface area contributed by atoms with Gasteiger partial charge in [0.15, 0.2) is 0 Å². The van der Waals surface area contributed by atoms with Gasteiger partial charge in [-0.15, -0.1) is 0 Å². The second kappa shape index (κ2) is 16.8. The Bertz CT molecular complexity index is 3010. The van der Waals surface area contributed by atoms with E-state index in [1.54, 1.807) is 0 Å². The third-order valence-electron chi connectivity index (χ3n) is 12.5. The summed E-state index contributed by atoms with van der Waals surface area (Å²) in [6.45, 7) is 13.8. The number of rotatable bonds is 9. The number of para-hydroxylation sites is 1. The molecule has 2 N–H and O–H groups in total. The van der Waals surface area contributed by atoms with Crippen LogP contribution in [0.25, 0.3) is 77.6 Å². The molecule has 65 heavy (non-hydrogen) atoms. The van der Waals surface area contributed by atoms with E-state index in [1.165, 1.54) is 11.1 Å². The van der Waals surface area contributed by atoms with Crippen molar-refractivity contribution in [3.63, 3.8) is 0 Å². The minimum Gasteiger partial charge on any atom is -0.456 e. The van der Waals surface area contributed by atoms with Crippen LogP contribution in [0.3, 0.4) is 0 Å². The topological polar surface area (TPSA) is 37.2 Å². The van der Waals surface area contributed by atoms with Crippen molar-refractivity contribution in [3.05, 3.63) is 217 Å². The Kier molecular flexibility index (Phi) is 10.7. The van der Waals surface area contributed by atoms with Gasteiger partial charge < -0.3 is 15.1 Å². The zero-order valence-corrected chi connectivity index (χ0v) is 38.0. The molecule has 0 radical (unpaired) electrons. The zero-order chi connectivity index (χ0) is 44.7. The third-order valence-corrected chi connectivity index (χ3v) is 12.5. The van der Waals surface area contributed by atoms with Crippen molar-refractivity contribution in [1.29, 1.82) is 0 Å². The number of anilines is 4. The number of hydrogen-bond acceptors (Lipinski definition) is 3. The van der Waals surface area contributed by atoms with Gasteiger partial charge >= 0.3 is 0 Å². The van der Waals surface area contributed by atoms with E-state index >= 15 is 0 Å². The van der Waals surface area contributed by atoms with Crippen molar-refractivity contribution < 1.29 is 4.42 Å². The number of hydrogen-bond donors (Lipinski definition) is 2. The van der Waals surface area contributed by atoms with E-state index in [4.69, 9.17) is 4.42 Å². The highest BCUT2D eigenvalue weighted by Crippen LogP contribution is 2.46. The lowest BCUT2D eigenvalue weighted by Crippen LogP contribution is -2.12. The van der Waals surface area contributed by atoms with Gasteiger partial charge in [0.25, 0.3) is 0 Å². The van der Waals surface area contributed by atoms with Crippen LogP contribution in [0.1, 0.15) is 52.7 Å². The average Bonchev–Trinajstić information content (AvgIpc) is 3.70. The van der Waals surface area contributed by atoms with Gasteiger partial charge in [-0.2, -0.15) is 0 Å². The Balaban J connectivity index is 1.22. The molecule has 0 saturated carbocycles. The van der Waals surface area contributed by atoms with Gasteiger partial charge in [-0.1, -0.05) is 187 Å². The molecule has 0 aliphatic heterocycles. The van der Waals surface area contributed by atoms with Crippen LogP contribution >= 0.6 is 0 Å². The molecule has 0 fully saturated rings. The van der Waals surface area contributed by atoms with Crippen molar-refractivity contribution in [3.8, 4) is 55.6 Å². The first-order valence-electron chi connectivity index (χ1n) is 22.7. The van der Waals surface area contributed by atoms with E-state index in [0.717, 1.165) is 100 Å². The number of fused-ring (bicyclic) bond motifs is 3. The van der Waals surface area contributed by atoms with Crippen LogP contribution in [0.2, 0.25) is 0 Å². The predicted octanol–water partition coefficient (Wildman–Crippen LogP) is 18.0. The Morgan fingerprint density at radius 2 is 0.677 bits per heavy atom. The van der Waals surface area contributed by atoms with E-state index < -0.39 is 0 Å². The Labute approximate surface area is 383 Å². The van der Waals surface area contributed by atoms with Gasteiger partial charge in [0.05, 0.1) is 11.4 Å². The SMILES string of the molecule is CC(C)(C)c1cc(-c2ccccc2)c(Nc2cc(Nc3c(-c4ccccc4)cc(C(C)(C)C)cc3-c3ccccc3)cc(-c3ccc4oc5ccccc5c4c3)c2)c(-c2ccccc2)c1. The van der Waals surface area contributed by atoms with Crippen molar-refractivity contribution in [2.75, 3.05) is 10.6 Å². The molecule has 0 amide bonds. The monoisotopic (exact) mass is 842 g/mol. The quantitative estimate of drug-likeness (QED) is 0.152. The average molecular weight is 843 g/mol. The fourth-order valence-electron chi connectivity index (χ4n) is 8.93. The van der Waals surface area contributed by atoms with Gasteiger partial charge in [0.2, 0.25) is 0 Å². The van der Waals surface area contributed by atoms with Gasteiger partial charge in [0.1, 0.15) is 11.2 Å². The third kappa shape index (κ3) is 8.46. The highest BCUT2D eigenvalue weighted by Gasteiger charge is 2.24. The van der Waals surface area contributed by atoms with E-state index in [-0.39, 0.29) is 10.8 Å². The van der Waals surface area contributed by atoms with Crippen LogP contribution < -0.4 is 10.6 Å². The molecule has 0 aliphatic carbocycles. The maximum absolute atomic E-state index is 6.31. The number of benzene rings is 9. The van der Waals surface area contributed by atoms with Crippen molar-refractivity contribution in [2.24, 2.45) is 0 Å². The summed E-state index contributed by atoms with van der Waals surface area (Å²) in [6.07, 6.45) is 0. The van der Waals surface area contributed by atoms with Crippen LogP contribution in [-0.4, -0.2) is 0 Å².